The zero-order valence-electron chi connectivity index (χ0n) is 11.6. The molecule has 106 valence electrons. The van der Waals surface area contributed by atoms with Gasteiger partial charge in [-0.25, -0.2) is 4.39 Å². The highest BCUT2D eigenvalue weighted by Gasteiger charge is 2.23. The molecule has 0 unspecified atom stereocenters. The molecule has 0 saturated carbocycles. The van der Waals surface area contributed by atoms with E-state index in [1.807, 2.05) is 13.8 Å². The van der Waals surface area contributed by atoms with E-state index >= 15 is 0 Å². The number of aliphatic hydroxyl groups excluding tert-OH is 1. The third-order valence-electron chi connectivity index (χ3n) is 3.20. The van der Waals surface area contributed by atoms with Crippen LogP contribution in [0.3, 0.4) is 0 Å². The molecule has 0 fully saturated rings. The van der Waals surface area contributed by atoms with E-state index in [1.54, 1.807) is 24.1 Å². The van der Waals surface area contributed by atoms with E-state index in [0.717, 1.165) is 5.56 Å². The van der Waals surface area contributed by atoms with Crippen molar-refractivity contribution in [3.8, 4) is 0 Å². The number of benzene rings is 1. The number of carbonyl (C=O) groups is 1. The summed E-state index contributed by atoms with van der Waals surface area (Å²) in [6, 6.07) is 6.00. The molecule has 1 amide bonds. The van der Waals surface area contributed by atoms with Crippen LogP contribution in [0.1, 0.15) is 19.4 Å². The second-order valence-electron chi connectivity index (χ2n) is 5.23. The summed E-state index contributed by atoms with van der Waals surface area (Å²) in [5, 5.41) is 12.0. The van der Waals surface area contributed by atoms with Gasteiger partial charge in [0, 0.05) is 12.1 Å². The Labute approximate surface area is 113 Å². The summed E-state index contributed by atoms with van der Waals surface area (Å²) in [6.07, 6.45) is 0. The van der Waals surface area contributed by atoms with E-state index in [-0.39, 0.29) is 24.9 Å². The zero-order chi connectivity index (χ0) is 14.5. The lowest BCUT2D eigenvalue weighted by atomic mass is 10.1. The number of likely N-dealkylation sites (N-methyl/N-ethyl adjacent to an activating group) is 1. The minimum atomic E-state index is -0.437. The van der Waals surface area contributed by atoms with Crippen LogP contribution < -0.4 is 5.32 Å². The molecule has 5 heteroatoms. The largest absolute Gasteiger partial charge is 0.394 e. The number of halogens is 1. The molecule has 19 heavy (non-hydrogen) atoms. The molecule has 1 rings (SSSR count). The van der Waals surface area contributed by atoms with Crippen molar-refractivity contribution in [3.63, 3.8) is 0 Å². The molecule has 0 saturated heterocycles. The van der Waals surface area contributed by atoms with E-state index < -0.39 is 5.54 Å². The molecule has 4 nitrogen and oxygen atoms in total. The smallest absolute Gasteiger partial charge is 0.234 e. The molecule has 0 aromatic heterocycles. The number of rotatable bonds is 6. The Morgan fingerprint density at radius 1 is 1.37 bits per heavy atom. The van der Waals surface area contributed by atoms with Crippen LogP contribution in [-0.4, -0.2) is 41.7 Å². The normalized spacial score (nSPS) is 11.7. The average molecular weight is 268 g/mol. The summed E-state index contributed by atoms with van der Waals surface area (Å²) in [7, 11) is 1.79. The van der Waals surface area contributed by atoms with Crippen molar-refractivity contribution in [2.45, 2.75) is 25.9 Å². The van der Waals surface area contributed by atoms with Gasteiger partial charge >= 0.3 is 0 Å². The number of hydrogen-bond donors (Lipinski definition) is 2. The first kappa shape index (κ1) is 15.6. The van der Waals surface area contributed by atoms with E-state index in [2.05, 4.69) is 5.32 Å². The van der Waals surface area contributed by atoms with Crippen molar-refractivity contribution >= 4 is 5.91 Å². The first-order valence-corrected chi connectivity index (χ1v) is 6.18. The van der Waals surface area contributed by atoms with Crippen molar-refractivity contribution in [3.05, 3.63) is 35.6 Å². The predicted molar refractivity (Wildman–Crippen MR) is 72.0 cm³/mol. The third-order valence-corrected chi connectivity index (χ3v) is 3.20. The molecule has 2 N–H and O–H groups in total. The predicted octanol–water partition coefficient (Wildman–Crippen LogP) is 1.14. The molecule has 1 aromatic carbocycles. The number of hydrogen-bond acceptors (Lipinski definition) is 3. The summed E-state index contributed by atoms with van der Waals surface area (Å²) >= 11 is 0. The fraction of sp³-hybridized carbons (Fsp3) is 0.500. The Morgan fingerprint density at radius 3 is 2.47 bits per heavy atom. The van der Waals surface area contributed by atoms with Crippen LogP contribution in [0.4, 0.5) is 4.39 Å². The van der Waals surface area contributed by atoms with Crippen LogP contribution in [0.25, 0.3) is 0 Å². The second kappa shape index (κ2) is 6.63. The van der Waals surface area contributed by atoms with Gasteiger partial charge in [-0.2, -0.15) is 0 Å². The van der Waals surface area contributed by atoms with Gasteiger partial charge in [0.15, 0.2) is 0 Å². The lowest BCUT2D eigenvalue weighted by molar-refractivity contribution is -0.123. The molecule has 1 aromatic rings. The van der Waals surface area contributed by atoms with Gasteiger partial charge in [-0.1, -0.05) is 12.1 Å². The van der Waals surface area contributed by atoms with Crippen LogP contribution in [0.2, 0.25) is 0 Å². The van der Waals surface area contributed by atoms with Gasteiger partial charge < -0.3 is 10.4 Å². The lowest BCUT2D eigenvalue weighted by Crippen LogP contribution is -2.48. The molecule has 0 atom stereocenters. The van der Waals surface area contributed by atoms with Crippen LogP contribution in [-0.2, 0) is 11.3 Å². The quantitative estimate of drug-likeness (QED) is 0.813. The maximum Gasteiger partial charge on any atom is 0.234 e. The van der Waals surface area contributed by atoms with Gasteiger partial charge in [-0.05, 0) is 38.6 Å². The number of nitrogens with one attached hydrogen (secondary N) is 1. The van der Waals surface area contributed by atoms with E-state index in [0.29, 0.717) is 6.54 Å². The highest BCUT2D eigenvalue weighted by atomic mass is 19.1. The van der Waals surface area contributed by atoms with E-state index in [4.69, 9.17) is 0 Å². The Balaban J connectivity index is 2.42. The van der Waals surface area contributed by atoms with Crippen LogP contribution in [0.15, 0.2) is 24.3 Å². The SMILES string of the molecule is CN(CC(=O)NCc1ccc(F)cc1)C(C)(C)CO. The van der Waals surface area contributed by atoms with Gasteiger partial charge in [0.2, 0.25) is 5.91 Å². The van der Waals surface area contributed by atoms with Crippen LogP contribution >= 0.6 is 0 Å². The molecular weight excluding hydrogens is 247 g/mol. The summed E-state index contributed by atoms with van der Waals surface area (Å²) in [6.45, 7) is 4.27. The van der Waals surface area contributed by atoms with Crippen LogP contribution in [0.5, 0.6) is 0 Å². The average Bonchev–Trinajstić information content (AvgIpc) is 2.38. The van der Waals surface area contributed by atoms with Crippen molar-refractivity contribution in [2.24, 2.45) is 0 Å². The van der Waals surface area contributed by atoms with Crippen molar-refractivity contribution < 1.29 is 14.3 Å². The Kier molecular flexibility index (Phi) is 5.44. The maximum absolute atomic E-state index is 12.7. The minimum absolute atomic E-state index is 0.0191. The fourth-order valence-electron chi connectivity index (χ4n) is 1.41. The summed E-state index contributed by atoms with van der Waals surface area (Å²) < 4.78 is 12.7. The molecular formula is C14H21FN2O2. The topological polar surface area (TPSA) is 52.6 Å². The van der Waals surface area contributed by atoms with Gasteiger partial charge in [-0.3, -0.25) is 9.69 Å². The Bertz CT molecular complexity index is 418. The molecule has 0 heterocycles. The standard InChI is InChI=1S/C14H21FN2O2/c1-14(2,10-18)17(3)9-13(19)16-8-11-4-6-12(15)7-5-11/h4-7,18H,8-10H2,1-3H3,(H,16,19). The zero-order valence-corrected chi connectivity index (χ0v) is 11.6. The van der Waals surface area contributed by atoms with Gasteiger partial charge in [0.1, 0.15) is 5.82 Å². The van der Waals surface area contributed by atoms with Crippen molar-refractivity contribution in [1.82, 2.24) is 10.2 Å². The van der Waals surface area contributed by atoms with E-state index in [1.165, 1.54) is 12.1 Å². The number of aliphatic hydroxyl groups is 1. The number of amides is 1. The van der Waals surface area contributed by atoms with Crippen LogP contribution in [0, 0.1) is 5.82 Å². The fourth-order valence-corrected chi connectivity index (χ4v) is 1.41. The molecule has 0 radical (unpaired) electrons. The van der Waals surface area contributed by atoms with Gasteiger partial charge in [0.05, 0.1) is 13.2 Å². The monoisotopic (exact) mass is 268 g/mol. The van der Waals surface area contributed by atoms with Gasteiger partial charge in [0.25, 0.3) is 0 Å². The first-order valence-electron chi connectivity index (χ1n) is 6.18. The van der Waals surface area contributed by atoms with Crippen molar-refractivity contribution in [1.29, 1.82) is 0 Å². The second-order valence-corrected chi connectivity index (χ2v) is 5.23. The summed E-state index contributed by atoms with van der Waals surface area (Å²) in [5.74, 6) is -0.423. The Hall–Kier alpha value is -1.46. The highest BCUT2D eigenvalue weighted by Crippen LogP contribution is 2.10. The molecule has 0 aliphatic heterocycles. The summed E-state index contributed by atoms with van der Waals surface area (Å²) in [5.41, 5.74) is 0.409. The highest BCUT2D eigenvalue weighted by molar-refractivity contribution is 5.78. The summed E-state index contributed by atoms with van der Waals surface area (Å²) in [4.78, 5) is 13.5. The molecule has 0 aliphatic carbocycles. The number of nitrogens with zero attached hydrogens (tertiary/aromatic N) is 1. The lowest BCUT2D eigenvalue weighted by Gasteiger charge is -2.33. The molecule has 0 aliphatic rings. The number of carbonyl (C=O) groups excluding carboxylic acids is 1. The first-order chi connectivity index (χ1) is 8.85. The Morgan fingerprint density at radius 2 is 1.95 bits per heavy atom. The maximum atomic E-state index is 12.7. The minimum Gasteiger partial charge on any atom is -0.394 e. The molecule has 0 bridgehead atoms. The molecule has 0 spiro atoms. The van der Waals surface area contributed by atoms with Crippen molar-refractivity contribution in [2.75, 3.05) is 20.2 Å². The third kappa shape index (κ3) is 4.96. The van der Waals surface area contributed by atoms with Gasteiger partial charge in [-0.15, -0.1) is 0 Å². The van der Waals surface area contributed by atoms with E-state index in [9.17, 15) is 14.3 Å².